The first-order valence-electron chi connectivity index (χ1n) is 5.63. The lowest BCUT2D eigenvalue weighted by molar-refractivity contribution is -0.757. The van der Waals surface area contributed by atoms with Crippen LogP contribution in [0.25, 0.3) is 6.08 Å². The second kappa shape index (κ2) is 7.62. The second-order valence-corrected chi connectivity index (χ2v) is 3.61. The minimum atomic E-state index is -0.926. The number of ether oxygens (including phenoxy) is 1. The van der Waals surface area contributed by atoms with Crippen LogP contribution in [-0.2, 0) is 9.63 Å². The Morgan fingerprint density at radius 2 is 2.30 bits per heavy atom. The predicted molar refractivity (Wildman–Crippen MR) is 69.6 cm³/mol. The van der Waals surface area contributed by atoms with Crippen molar-refractivity contribution in [3.8, 4) is 11.5 Å². The summed E-state index contributed by atoms with van der Waals surface area (Å²) in [6, 6.07) is 4.62. The number of hydrogen-bond donors (Lipinski definition) is 2. The number of phenols is 1. The summed E-state index contributed by atoms with van der Waals surface area (Å²) in [4.78, 5) is 25.3. The van der Waals surface area contributed by atoms with E-state index >= 15 is 0 Å². The van der Waals surface area contributed by atoms with Crippen molar-refractivity contribution in [1.29, 1.82) is 0 Å². The Morgan fingerprint density at radius 3 is 2.95 bits per heavy atom. The first-order valence-corrected chi connectivity index (χ1v) is 5.63. The van der Waals surface area contributed by atoms with Gasteiger partial charge in [-0.3, -0.25) is 4.79 Å². The van der Waals surface area contributed by atoms with Crippen LogP contribution in [0.3, 0.4) is 0 Å². The van der Waals surface area contributed by atoms with Gasteiger partial charge in [0, 0.05) is 12.6 Å². The third kappa shape index (κ3) is 5.25. The summed E-state index contributed by atoms with van der Waals surface area (Å²) in [7, 11) is 1.42. The fraction of sp³-hybridized carbons (Fsp3) is 0.250. The molecular weight excluding hydrogens is 268 g/mol. The van der Waals surface area contributed by atoms with Crippen LogP contribution < -0.4 is 10.1 Å². The molecular formula is C12H14N2O6. The van der Waals surface area contributed by atoms with Gasteiger partial charge in [-0.15, -0.1) is 10.1 Å². The lowest BCUT2D eigenvalue weighted by Gasteiger charge is -2.04. The van der Waals surface area contributed by atoms with Crippen LogP contribution in [-0.4, -0.2) is 36.4 Å². The normalized spacial score (nSPS) is 10.2. The van der Waals surface area contributed by atoms with Gasteiger partial charge in [-0.25, -0.2) is 0 Å². The predicted octanol–water partition coefficient (Wildman–Crippen LogP) is 0.738. The molecule has 0 aliphatic heterocycles. The maximum Gasteiger partial charge on any atom is 0.294 e. The number of nitrogens with one attached hydrogen (secondary N) is 1. The van der Waals surface area contributed by atoms with Gasteiger partial charge in [0.25, 0.3) is 5.09 Å². The first-order chi connectivity index (χ1) is 9.52. The molecule has 1 rings (SSSR count). The Labute approximate surface area is 114 Å². The molecule has 0 unspecified atom stereocenters. The molecule has 0 saturated carbocycles. The molecule has 0 aromatic heterocycles. The second-order valence-electron chi connectivity index (χ2n) is 3.61. The van der Waals surface area contributed by atoms with E-state index in [0.717, 1.165) is 0 Å². The minimum absolute atomic E-state index is 0.00558. The summed E-state index contributed by atoms with van der Waals surface area (Å²) >= 11 is 0. The van der Waals surface area contributed by atoms with Crippen LogP contribution in [0.2, 0.25) is 0 Å². The van der Waals surface area contributed by atoms with Crippen molar-refractivity contribution in [2.24, 2.45) is 0 Å². The summed E-state index contributed by atoms with van der Waals surface area (Å²) in [5.41, 5.74) is 0.663. The summed E-state index contributed by atoms with van der Waals surface area (Å²) in [5, 5.41) is 20.8. The van der Waals surface area contributed by atoms with Gasteiger partial charge >= 0.3 is 0 Å². The highest BCUT2D eigenvalue weighted by molar-refractivity contribution is 5.91. The van der Waals surface area contributed by atoms with Crippen molar-refractivity contribution in [2.45, 2.75) is 0 Å². The highest BCUT2D eigenvalue weighted by Gasteiger charge is 2.01. The zero-order chi connectivity index (χ0) is 15.0. The molecule has 0 aliphatic carbocycles. The fourth-order valence-corrected chi connectivity index (χ4v) is 1.32. The van der Waals surface area contributed by atoms with Gasteiger partial charge in [0.2, 0.25) is 5.91 Å². The lowest BCUT2D eigenvalue weighted by Crippen LogP contribution is -2.26. The third-order valence-electron chi connectivity index (χ3n) is 2.23. The molecule has 0 saturated heterocycles. The summed E-state index contributed by atoms with van der Waals surface area (Å²) < 4.78 is 4.93. The SMILES string of the molecule is COc1cc(/C=C/C(=O)NCCO[N+](=O)[O-])ccc1O. The number of phenolic OH excluding ortho intramolecular Hbond substituents is 1. The van der Waals surface area contributed by atoms with E-state index in [2.05, 4.69) is 10.2 Å². The van der Waals surface area contributed by atoms with Crippen LogP contribution >= 0.6 is 0 Å². The van der Waals surface area contributed by atoms with Gasteiger partial charge in [-0.1, -0.05) is 6.07 Å². The molecule has 20 heavy (non-hydrogen) atoms. The van der Waals surface area contributed by atoms with Crippen molar-refractivity contribution in [1.82, 2.24) is 5.32 Å². The van der Waals surface area contributed by atoms with Gasteiger partial charge in [0.1, 0.15) is 6.61 Å². The Bertz CT molecular complexity index is 515. The van der Waals surface area contributed by atoms with E-state index in [9.17, 15) is 20.0 Å². The molecule has 2 N–H and O–H groups in total. The van der Waals surface area contributed by atoms with Gasteiger partial charge in [-0.05, 0) is 23.8 Å². The molecule has 0 heterocycles. The number of carbonyl (C=O) groups is 1. The van der Waals surface area contributed by atoms with E-state index in [4.69, 9.17) is 4.74 Å². The fourth-order valence-electron chi connectivity index (χ4n) is 1.32. The standard InChI is InChI=1S/C12H14N2O6/c1-19-11-8-9(2-4-10(11)15)3-5-12(16)13-6-7-20-14(17)18/h2-5,8,15H,6-7H2,1H3,(H,13,16)/b5-3+. The largest absolute Gasteiger partial charge is 0.504 e. The Morgan fingerprint density at radius 1 is 1.55 bits per heavy atom. The molecule has 8 nitrogen and oxygen atoms in total. The molecule has 0 atom stereocenters. The number of benzene rings is 1. The number of carbonyl (C=O) groups excluding carboxylic acids is 1. The van der Waals surface area contributed by atoms with Gasteiger partial charge in [-0.2, -0.15) is 0 Å². The maximum absolute atomic E-state index is 11.4. The Balaban J connectivity index is 2.46. The van der Waals surface area contributed by atoms with Gasteiger partial charge < -0.3 is 20.0 Å². The molecule has 1 aromatic carbocycles. The number of methoxy groups -OCH3 is 1. The van der Waals surface area contributed by atoms with Crippen molar-refractivity contribution < 1.29 is 24.6 Å². The summed E-state index contributed by atoms with van der Waals surface area (Å²) in [5.74, 6) is -0.109. The molecule has 0 aliphatic rings. The van der Waals surface area contributed by atoms with E-state index in [1.165, 1.54) is 25.3 Å². The highest BCUT2D eigenvalue weighted by Crippen LogP contribution is 2.26. The lowest BCUT2D eigenvalue weighted by atomic mass is 10.2. The number of aromatic hydroxyl groups is 1. The average molecular weight is 282 g/mol. The quantitative estimate of drug-likeness (QED) is 0.330. The minimum Gasteiger partial charge on any atom is -0.504 e. The molecule has 0 radical (unpaired) electrons. The van der Waals surface area contributed by atoms with Crippen LogP contribution in [0.4, 0.5) is 0 Å². The molecule has 108 valence electrons. The average Bonchev–Trinajstić information content (AvgIpc) is 2.42. The molecule has 0 bridgehead atoms. The molecule has 1 amide bonds. The zero-order valence-electron chi connectivity index (χ0n) is 10.7. The van der Waals surface area contributed by atoms with Crippen molar-refractivity contribution in [2.75, 3.05) is 20.3 Å². The topological polar surface area (TPSA) is 111 Å². The maximum atomic E-state index is 11.4. The first kappa shape index (κ1) is 15.3. The van der Waals surface area contributed by atoms with Gasteiger partial charge in [0.05, 0.1) is 7.11 Å². The number of rotatable bonds is 7. The smallest absolute Gasteiger partial charge is 0.294 e. The van der Waals surface area contributed by atoms with Crippen molar-refractivity contribution >= 4 is 12.0 Å². The summed E-state index contributed by atoms with van der Waals surface area (Å²) in [6.45, 7) is -0.178. The van der Waals surface area contributed by atoms with E-state index in [-0.39, 0.29) is 18.9 Å². The Kier molecular flexibility index (Phi) is 5.82. The third-order valence-corrected chi connectivity index (χ3v) is 2.23. The van der Waals surface area contributed by atoms with E-state index in [1.807, 2.05) is 0 Å². The molecule has 8 heteroatoms. The van der Waals surface area contributed by atoms with Crippen LogP contribution in [0.5, 0.6) is 11.5 Å². The molecule has 0 fully saturated rings. The molecule has 1 aromatic rings. The highest BCUT2D eigenvalue weighted by atomic mass is 16.9. The number of nitrogens with zero attached hydrogens (tertiary/aromatic N) is 1. The number of hydrogen-bond acceptors (Lipinski definition) is 6. The monoisotopic (exact) mass is 282 g/mol. The van der Waals surface area contributed by atoms with Crippen molar-refractivity contribution in [3.05, 3.63) is 40.0 Å². The van der Waals surface area contributed by atoms with Crippen LogP contribution in [0, 0.1) is 10.1 Å². The van der Waals surface area contributed by atoms with Crippen molar-refractivity contribution in [3.63, 3.8) is 0 Å². The van der Waals surface area contributed by atoms with Crippen LogP contribution in [0.1, 0.15) is 5.56 Å². The van der Waals surface area contributed by atoms with Gasteiger partial charge in [0.15, 0.2) is 11.5 Å². The zero-order valence-corrected chi connectivity index (χ0v) is 10.7. The molecule has 0 spiro atoms. The number of amides is 1. The van der Waals surface area contributed by atoms with E-state index < -0.39 is 11.0 Å². The Hall–Kier alpha value is -2.77. The van der Waals surface area contributed by atoms with Crippen LogP contribution in [0.15, 0.2) is 24.3 Å². The van der Waals surface area contributed by atoms with E-state index in [1.54, 1.807) is 12.1 Å². The summed E-state index contributed by atoms with van der Waals surface area (Å²) in [6.07, 6.45) is 2.78. The van der Waals surface area contributed by atoms with E-state index in [0.29, 0.717) is 11.3 Å².